The first-order valence-electron chi connectivity index (χ1n) is 19.0. The molecule has 0 saturated heterocycles. The van der Waals surface area contributed by atoms with Crippen molar-refractivity contribution < 1.29 is 0 Å². The first-order chi connectivity index (χ1) is 27.3. The summed E-state index contributed by atoms with van der Waals surface area (Å²) in [5, 5.41) is 10.1. The Morgan fingerprint density at radius 3 is 1.09 bits per heavy atom. The maximum Gasteiger partial charge on any atom is 0.0724 e. The monoisotopic (exact) mass is 697 g/mol. The van der Waals surface area contributed by atoms with Crippen LogP contribution in [-0.4, -0.2) is 13.7 Å². The van der Waals surface area contributed by atoms with E-state index in [9.17, 15) is 0 Å². The van der Waals surface area contributed by atoms with Crippen LogP contribution in [0.3, 0.4) is 0 Å². The summed E-state index contributed by atoms with van der Waals surface area (Å²) in [5.41, 5.74) is 15.9. The number of hydrogen-bond donors (Lipinski definition) is 0. The molecule has 3 nitrogen and oxygen atoms in total. The number of nitrogens with zero attached hydrogens (tertiary/aromatic N) is 3. The normalized spacial score (nSPS) is 12.4. The third kappa shape index (κ3) is 3.74. The van der Waals surface area contributed by atoms with E-state index in [1.165, 1.54) is 104 Å². The lowest BCUT2D eigenvalue weighted by atomic mass is 10.0. The molecule has 0 saturated carbocycles. The zero-order chi connectivity index (χ0) is 35.8. The van der Waals surface area contributed by atoms with Gasteiger partial charge >= 0.3 is 0 Å². The summed E-state index contributed by atoms with van der Waals surface area (Å²) in [6.45, 7) is 0. The lowest BCUT2D eigenvalue weighted by Gasteiger charge is -2.19. The van der Waals surface area contributed by atoms with Gasteiger partial charge in [0.25, 0.3) is 0 Å². The molecular weight excluding hydrogens is 667 g/mol. The van der Waals surface area contributed by atoms with Gasteiger partial charge in [-0.15, -0.1) is 0 Å². The fourth-order valence-electron chi connectivity index (χ4n) is 9.96. The van der Waals surface area contributed by atoms with E-state index in [0.29, 0.717) is 0 Å². The van der Waals surface area contributed by atoms with E-state index in [0.717, 1.165) is 11.4 Å². The topological polar surface area (TPSA) is 14.8 Å². The number of rotatable bonds is 3. The van der Waals surface area contributed by atoms with Crippen molar-refractivity contribution in [2.24, 2.45) is 0 Å². The molecule has 0 spiro atoms. The van der Waals surface area contributed by atoms with Gasteiger partial charge in [-0.25, -0.2) is 0 Å². The molecule has 0 unspecified atom stereocenters. The van der Waals surface area contributed by atoms with Crippen LogP contribution in [0.1, 0.15) is 0 Å². The van der Waals surface area contributed by atoms with Crippen LogP contribution in [0.25, 0.3) is 116 Å². The van der Waals surface area contributed by atoms with Crippen LogP contribution in [-0.2, 0) is 0 Å². The van der Waals surface area contributed by atoms with E-state index in [4.69, 9.17) is 0 Å². The van der Waals surface area contributed by atoms with Gasteiger partial charge in [0, 0.05) is 37.7 Å². The third-order valence-electron chi connectivity index (χ3n) is 12.2. The minimum atomic E-state index is 1.14. The summed E-state index contributed by atoms with van der Waals surface area (Å²) >= 11 is 0. The van der Waals surface area contributed by atoms with Gasteiger partial charge in [0.15, 0.2) is 0 Å². The zero-order valence-electron chi connectivity index (χ0n) is 29.7. The first-order valence-corrected chi connectivity index (χ1v) is 19.0. The lowest BCUT2D eigenvalue weighted by molar-refractivity contribution is 1.10. The van der Waals surface area contributed by atoms with Gasteiger partial charge in [-0.2, -0.15) is 0 Å². The molecule has 254 valence electrons. The molecule has 13 rings (SSSR count). The summed E-state index contributed by atoms with van der Waals surface area (Å²) in [5.74, 6) is 0. The van der Waals surface area contributed by atoms with E-state index in [-0.39, 0.29) is 0 Å². The van der Waals surface area contributed by atoms with Gasteiger partial charge in [-0.1, -0.05) is 140 Å². The van der Waals surface area contributed by atoms with E-state index in [1.807, 2.05) is 0 Å². The highest BCUT2D eigenvalue weighted by molar-refractivity contribution is 6.20. The molecule has 0 bridgehead atoms. The molecule has 9 aromatic carbocycles. The minimum absolute atomic E-state index is 1.14. The molecule has 12 aromatic rings. The summed E-state index contributed by atoms with van der Waals surface area (Å²) in [7, 11) is 0. The maximum atomic E-state index is 2.52. The van der Waals surface area contributed by atoms with Crippen molar-refractivity contribution in [3.63, 3.8) is 0 Å². The predicted molar refractivity (Wildman–Crippen MR) is 231 cm³/mol. The van der Waals surface area contributed by atoms with Crippen molar-refractivity contribution in [1.29, 1.82) is 0 Å². The highest BCUT2D eigenvalue weighted by Crippen LogP contribution is 2.50. The standard InChI is InChI=1S/C52H31N3/c1-2-15-33-32(14-1)39-21-13-22-41-48(29-28-40(33)52(39)41)53-47-27-12-7-20-38(47)42-30-50(54-43-23-8-3-16-34(43)35-17-4-9-24-44(35)54)51(31-49(42)53)55-45-25-10-5-18-36(45)37-19-6-11-26-46(37)55/h1-31H. The fourth-order valence-corrected chi connectivity index (χ4v) is 9.96. The van der Waals surface area contributed by atoms with Gasteiger partial charge < -0.3 is 13.7 Å². The molecular formula is C52H31N3. The Morgan fingerprint density at radius 1 is 0.218 bits per heavy atom. The fraction of sp³-hybridized carbons (Fsp3) is 0. The van der Waals surface area contributed by atoms with Crippen molar-refractivity contribution >= 4 is 76.2 Å². The van der Waals surface area contributed by atoms with E-state index in [1.54, 1.807) is 0 Å². The van der Waals surface area contributed by atoms with Crippen LogP contribution in [0.4, 0.5) is 0 Å². The van der Waals surface area contributed by atoms with Gasteiger partial charge in [0.1, 0.15) is 0 Å². The van der Waals surface area contributed by atoms with Crippen molar-refractivity contribution in [1.82, 2.24) is 13.7 Å². The van der Waals surface area contributed by atoms with E-state index in [2.05, 4.69) is 202 Å². The van der Waals surface area contributed by atoms with Crippen molar-refractivity contribution in [3.05, 3.63) is 188 Å². The van der Waals surface area contributed by atoms with Gasteiger partial charge in [0.05, 0.1) is 50.2 Å². The second kappa shape index (κ2) is 10.6. The summed E-state index contributed by atoms with van der Waals surface area (Å²) < 4.78 is 7.50. The van der Waals surface area contributed by atoms with Gasteiger partial charge in [0.2, 0.25) is 0 Å². The SMILES string of the molecule is c1ccc2c(c1)-c1cccc3c(-n4c5ccccc5c5cc(-n6c7ccccc7c7ccccc76)c(-n6c7ccccc7c7ccccc76)cc54)ccc-2c13. The minimum Gasteiger partial charge on any atom is -0.309 e. The number of para-hydroxylation sites is 5. The Labute approximate surface area is 316 Å². The summed E-state index contributed by atoms with van der Waals surface area (Å²) in [4.78, 5) is 0. The zero-order valence-corrected chi connectivity index (χ0v) is 29.7. The first kappa shape index (κ1) is 29.1. The molecule has 0 atom stereocenters. The molecule has 0 fully saturated rings. The summed E-state index contributed by atoms with van der Waals surface area (Å²) in [6.07, 6.45) is 0. The van der Waals surface area contributed by atoms with Gasteiger partial charge in [-0.05, 0) is 76.2 Å². The van der Waals surface area contributed by atoms with Crippen LogP contribution in [0, 0.1) is 0 Å². The molecule has 0 aliphatic heterocycles. The van der Waals surface area contributed by atoms with E-state index >= 15 is 0 Å². The molecule has 0 radical (unpaired) electrons. The second-order valence-electron chi connectivity index (χ2n) is 14.9. The van der Waals surface area contributed by atoms with Crippen LogP contribution >= 0.6 is 0 Å². The highest BCUT2D eigenvalue weighted by Gasteiger charge is 2.26. The Morgan fingerprint density at radius 2 is 0.582 bits per heavy atom. The number of hydrogen-bond acceptors (Lipinski definition) is 0. The molecule has 3 heterocycles. The van der Waals surface area contributed by atoms with Crippen LogP contribution < -0.4 is 0 Å². The number of benzene rings is 9. The largest absolute Gasteiger partial charge is 0.309 e. The van der Waals surface area contributed by atoms with Crippen molar-refractivity contribution in [2.75, 3.05) is 0 Å². The van der Waals surface area contributed by atoms with Crippen LogP contribution in [0.2, 0.25) is 0 Å². The molecule has 3 aromatic heterocycles. The number of aromatic nitrogens is 3. The van der Waals surface area contributed by atoms with Gasteiger partial charge in [-0.3, -0.25) is 0 Å². The smallest absolute Gasteiger partial charge is 0.0724 e. The Balaban J connectivity index is 1.22. The molecule has 0 N–H and O–H groups in total. The van der Waals surface area contributed by atoms with Crippen molar-refractivity contribution in [2.45, 2.75) is 0 Å². The van der Waals surface area contributed by atoms with Crippen LogP contribution in [0.15, 0.2) is 188 Å². The summed E-state index contributed by atoms with van der Waals surface area (Å²) in [6, 6.07) is 69.6. The quantitative estimate of drug-likeness (QED) is 0.175. The molecule has 3 heteroatoms. The lowest BCUT2D eigenvalue weighted by Crippen LogP contribution is -2.04. The van der Waals surface area contributed by atoms with Crippen LogP contribution in [0.5, 0.6) is 0 Å². The highest BCUT2D eigenvalue weighted by atomic mass is 15.1. The molecule has 55 heavy (non-hydrogen) atoms. The molecule has 1 aliphatic rings. The third-order valence-corrected chi connectivity index (χ3v) is 12.2. The average Bonchev–Trinajstić information content (AvgIpc) is 3.97. The number of fused-ring (bicyclic) bond motifs is 12. The average molecular weight is 698 g/mol. The Hall–Kier alpha value is -7.36. The van der Waals surface area contributed by atoms with Crippen molar-refractivity contribution in [3.8, 4) is 39.3 Å². The second-order valence-corrected chi connectivity index (χ2v) is 14.9. The Bertz CT molecular complexity index is 3470. The maximum absolute atomic E-state index is 2.52. The Kier molecular flexibility index (Phi) is 5.63. The predicted octanol–water partition coefficient (Wildman–Crippen LogP) is 13.8. The molecule has 1 aliphatic carbocycles. The molecule has 0 amide bonds. The van der Waals surface area contributed by atoms with E-state index < -0.39 is 0 Å².